The molecule has 0 spiro atoms. The molecule has 4 heteroatoms. The smallest absolute Gasteiger partial charge is 0.0895 e. The lowest BCUT2D eigenvalue weighted by atomic mass is 10.5. The minimum Gasteiger partial charge on any atom is -0.323 e. The summed E-state index contributed by atoms with van der Waals surface area (Å²) >= 11 is 0. The molecule has 0 heterocycles. The van der Waals surface area contributed by atoms with Crippen LogP contribution in [-0.2, 0) is 4.57 Å². The van der Waals surface area contributed by atoms with E-state index in [1.54, 1.807) is 0 Å². The van der Waals surface area contributed by atoms with Crippen LogP contribution in [0, 0.1) is 22.7 Å². The molecule has 0 unspecified atom stereocenters. The fraction of sp³-hybridized carbons (Fsp3) is 0.750. The van der Waals surface area contributed by atoms with Crippen molar-refractivity contribution in [2.24, 2.45) is 0 Å². The van der Waals surface area contributed by atoms with Crippen LogP contribution in [0.15, 0.2) is 0 Å². The number of hydrogen-bond acceptors (Lipinski definition) is 3. The van der Waals surface area contributed by atoms with Crippen LogP contribution < -0.4 is 0 Å². The molecule has 0 saturated heterocycles. The van der Waals surface area contributed by atoms with E-state index in [-0.39, 0.29) is 0 Å². The van der Waals surface area contributed by atoms with Crippen molar-refractivity contribution in [2.45, 2.75) is 19.8 Å². The molecular formula is C8H13N2OP. The molecule has 0 fully saturated rings. The summed E-state index contributed by atoms with van der Waals surface area (Å²) < 4.78 is 11.8. The van der Waals surface area contributed by atoms with Crippen LogP contribution in [-0.4, -0.2) is 18.5 Å². The maximum atomic E-state index is 11.8. The Morgan fingerprint density at radius 1 is 1.17 bits per heavy atom. The van der Waals surface area contributed by atoms with Gasteiger partial charge in [0.15, 0.2) is 0 Å². The van der Waals surface area contributed by atoms with Gasteiger partial charge in [0, 0.05) is 25.2 Å². The Hall–Kier alpha value is -0.790. The molecule has 0 rings (SSSR count). The van der Waals surface area contributed by atoms with Gasteiger partial charge in [-0.1, -0.05) is 6.92 Å². The lowest BCUT2D eigenvalue weighted by Gasteiger charge is -2.11. The van der Waals surface area contributed by atoms with E-state index < -0.39 is 7.14 Å². The van der Waals surface area contributed by atoms with E-state index in [1.807, 2.05) is 19.1 Å². The van der Waals surface area contributed by atoms with Crippen LogP contribution in [0.3, 0.4) is 0 Å². The summed E-state index contributed by atoms with van der Waals surface area (Å²) in [4.78, 5) is 0. The van der Waals surface area contributed by atoms with Crippen LogP contribution in [0.25, 0.3) is 0 Å². The van der Waals surface area contributed by atoms with Crippen molar-refractivity contribution >= 4 is 7.14 Å². The Morgan fingerprint density at radius 2 is 1.58 bits per heavy atom. The van der Waals surface area contributed by atoms with Crippen molar-refractivity contribution in [1.29, 1.82) is 10.5 Å². The summed E-state index contributed by atoms with van der Waals surface area (Å²) in [5.74, 6) is 0. The monoisotopic (exact) mass is 184 g/mol. The topological polar surface area (TPSA) is 64.7 Å². The van der Waals surface area contributed by atoms with Gasteiger partial charge in [0.05, 0.1) is 19.3 Å². The highest BCUT2D eigenvalue weighted by Gasteiger charge is 2.18. The van der Waals surface area contributed by atoms with Crippen LogP contribution in [0.2, 0.25) is 0 Å². The molecule has 12 heavy (non-hydrogen) atoms. The molecule has 0 aromatic carbocycles. The Labute approximate surface area is 73.4 Å². The number of hydrogen-bond donors (Lipinski definition) is 0. The maximum Gasteiger partial charge on any atom is 0.0895 e. The minimum absolute atomic E-state index is 0.344. The van der Waals surface area contributed by atoms with Crippen molar-refractivity contribution in [3.8, 4) is 12.1 Å². The van der Waals surface area contributed by atoms with Gasteiger partial charge in [-0.15, -0.1) is 0 Å². The van der Waals surface area contributed by atoms with Gasteiger partial charge in [0.25, 0.3) is 0 Å². The van der Waals surface area contributed by atoms with Gasteiger partial charge in [-0.25, -0.2) is 0 Å². The molecular weight excluding hydrogens is 171 g/mol. The molecule has 0 bridgehead atoms. The molecule has 0 saturated carbocycles. The average Bonchev–Trinajstić information content (AvgIpc) is 2.11. The Morgan fingerprint density at radius 3 is 1.83 bits per heavy atom. The zero-order valence-electron chi connectivity index (χ0n) is 7.29. The number of rotatable bonds is 5. The fourth-order valence-electron chi connectivity index (χ4n) is 0.936. The predicted molar refractivity (Wildman–Crippen MR) is 48.3 cm³/mol. The Balaban J connectivity index is 4.00. The highest BCUT2D eigenvalue weighted by molar-refractivity contribution is 7.63. The van der Waals surface area contributed by atoms with E-state index in [2.05, 4.69) is 0 Å². The summed E-state index contributed by atoms with van der Waals surface area (Å²) in [5, 5.41) is 16.6. The third kappa shape index (κ3) is 4.16. The van der Waals surface area contributed by atoms with Crippen molar-refractivity contribution in [2.75, 3.05) is 18.5 Å². The van der Waals surface area contributed by atoms with Gasteiger partial charge in [-0.05, 0) is 6.16 Å². The fourth-order valence-corrected chi connectivity index (χ4v) is 2.81. The quantitative estimate of drug-likeness (QED) is 0.615. The Kier molecular flexibility index (Phi) is 5.43. The molecule has 0 aromatic rings. The lowest BCUT2D eigenvalue weighted by molar-refractivity contribution is 0.575. The SMILES string of the molecule is CCP(=O)(CCC#N)CCC#N. The average molecular weight is 184 g/mol. The Bertz CT molecular complexity index is 227. The summed E-state index contributed by atoms with van der Waals surface area (Å²) in [5.41, 5.74) is 0. The molecule has 0 radical (unpaired) electrons. The normalized spacial score (nSPS) is 10.2. The summed E-state index contributed by atoms with van der Waals surface area (Å²) in [6.07, 6.45) is 2.24. The van der Waals surface area contributed by atoms with Gasteiger partial charge < -0.3 is 4.57 Å². The molecule has 0 aliphatic rings. The van der Waals surface area contributed by atoms with E-state index in [1.165, 1.54) is 0 Å². The van der Waals surface area contributed by atoms with Crippen LogP contribution in [0.1, 0.15) is 19.8 Å². The predicted octanol–water partition coefficient (Wildman–Crippen LogP) is 2.20. The zero-order valence-corrected chi connectivity index (χ0v) is 8.18. The van der Waals surface area contributed by atoms with Gasteiger partial charge in [0.2, 0.25) is 0 Å². The first-order valence-corrected chi connectivity index (χ1v) is 6.26. The molecule has 0 amide bonds. The van der Waals surface area contributed by atoms with Crippen molar-refractivity contribution < 1.29 is 4.57 Å². The standard InChI is InChI=1S/C8H13N2OP/c1-2-12(11,7-3-5-9)8-4-6-10/h2-4,7-8H2,1H3. The third-order valence-electron chi connectivity index (χ3n) is 1.84. The second-order valence-corrected chi connectivity index (χ2v) is 6.28. The van der Waals surface area contributed by atoms with Gasteiger partial charge in [0.1, 0.15) is 0 Å². The molecule has 0 atom stereocenters. The van der Waals surface area contributed by atoms with E-state index in [9.17, 15) is 4.57 Å². The molecule has 66 valence electrons. The molecule has 0 aromatic heterocycles. The first kappa shape index (κ1) is 11.2. The van der Waals surface area contributed by atoms with E-state index in [4.69, 9.17) is 10.5 Å². The van der Waals surface area contributed by atoms with Crippen molar-refractivity contribution in [3.63, 3.8) is 0 Å². The second-order valence-electron chi connectivity index (χ2n) is 2.64. The summed E-state index contributed by atoms with van der Waals surface area (Å²) in [7, 11) is -2.18. The molecule has 3 nitrogen and oxygen atoms in total. The maximum absolute atomic E-state index is 11.8. The lowest BCUT2D eigenvalue weighted by Crippen LogP contribution is -1.97. The summed E-state index contributed by atoms with van der Waals surface area (Å²) in [6, 6.07) is 3.96. The number of nitriles is 2. The van der Waals surface area contributed by atoms with Crippen molar-refractivity contribution in [3.05, 3.63) is 0 Å². The summed E-state index contributed by atoms with van der Waals surface area (Å²) in [6.45, 7) is 1.86. The van der Waals surface area contributed by atoms with Crippen LogP contribution in [0.5, 0.6) is 0 Å². The zero-order chi connectivity index (χ0) is 9.45. The largest absolute Gasteiger partial charge is 0.323 e. The molecule has 0 N–H and O–H groups in total. The molecule has 0 aliphatic carbocycles. The van der Waals surface area contributed by atoms with Crippen LogP contribution in [0.4, 0.5) is 0 Å². The highest BCUT2D eigenvalue weighted by atomic mass is 31.2. The second kappa shape index (κ2) is 5.81. The highest BCUT2D eigenvalue weighted by Crippen LogP contribution is 2.45. The van der Waals surface area contributed by atoms with Gasteiger partial charge >= 0.3 is 0 Å². The van der Waals surface area contributed by atoms with Crippen LogP contribution >= 0.6 is 7.14 Å². The first-order chi connectivity index (χ1) is 5.68. The molecule has 0 aliphatic heterocycles. The number of nitrogens with zero attached hydrogens (tertiary/aromatic N) is 2. The first-order valence-electron chi connectivity index (χ1n) is 3.99. The minimum atomic E-state index is -2.18. The van der Waals surface area contributed by atoms with E-state index in [0.717, 1.165) is 0 Å². The van der Waals surface area contributed by atoms with E-state index >= 15 is 0 Å². The van der Waals surface area contributed by atoms with Gasteiger partial charge in [-0.3, -0.25) is 0 Å². The van der Waals surface area contributed by atoms with Crippen molar-refractivity contribution in [1.82, 2.24) is 0 Å². The third-order valence-corrected chi connectivity index (χ3v) is 5.07. The van der Waals surface area contributed by atoms with Gasteiger partial charge in [-0.2, -0.15) is 10.5 Å². The van der Waals surface area contributed by atoms with E-state index in [0.29, 0.717) is 31.3 Å².